The monoisotopic (exact) mass is 313 g/mol. The summed E-state index contributed by atoms with van der Waals surface area (Å²) in [6.07, 6.45) is 2.14. The van der Waals surface area contributed by atoms with Gasteiger partial charge in [0.05, 0.1) is 12.9 Å². The fraction of sp³-hybridized carbons (Fsp3) is 0.462. The highest BCUT2D eigenvalue weighted by atomic mass is 32.2. The highest BCUT2D eigenvalue weighted by molar-refractivity contribution is 7.99. The van der Waals surface area contributed by atoms with E-state index in [0.717, 1.165) is 0 Å². The fourth-order valence-corrected chi connectivity index (χ4v) is 2.39. The maximum atomic E-state index is 11.8. The lowest BCUT2D eigenvalue weighted by Crippen LogP contribution is -2.34. The van der Waals surface area contributed by atoms with E-state index in [2.05, 4.69) is 10.1 Å². The first-order chi connectivity index (χ1) is 9.95. The van der Waals surface area contributed by atoms with Crippen LogP contribution in [0.5, 0.6) is 0 Å². The van der Waals surface area contributed by atoms with Crippen molar-refractivity contribution in [3.8, 4) is 0 Å². The highest BCUT2D eigenvalue weighted by Crippen LogP contribution is 2.05. The van der Waals surface area contributed by atoms with Crippen molar-refractivity contribution in [1.82, 2.24) is 9.88 Å². The van der Waals surface area contributed by atoms with Crippen LogP contribution in [0, 0.1) is 0 Å². The molecule has 1 aromatic rings. The number of hydrogen-bond donors (Lipinski definition) is 2. The van der Waals surface area contributed by atoms with Crippen molar-refractivity contribution >= 4 is 29.5 Å². The number of nitrogens with two attached hydrogens (primary N) is 1. The van der Waals surface area contributed by atoms with E-state index in [-0.39, 0.29) is 11.7 Å². The number of aryl methyl sites for hydroxylation is 1. The number of rotatable bonds is 7. The lowest BCUT2D eigenvalue weighted by molar-refractivity contribution is -0.142. The number of carbonyl (C=O) groups is 3. The van der Waals surface area contributed by atoms with Gasteiger partial charge < -0.3 is 15.0 Å². The largest absolute Gasteiger partial charge is 0.468 e. The third kappa shape index (κ3) is 5.60. The fourth-order valence-electron chi connectivity index (χ4n) is 1.57. The molecule has 8 heteroatoms. The normalized spacial score (nSPS) is 11.8. The highest BCUT2D eigenvalue weighted by Gasteiger charge is 2.15. The molecular formula is C13H19N3O4S. The molecule has 2 amide bonds. The van der Waals surface area contributed by atoms with Crippen molar-refractivity contribution in [1.29, 1.82) is 0 Å². The van der Waals surface area contributed by atoms with Crippen LogP contribution in [0.4, 0.5) is 0 Å². The molecule has 21 heavy (non-hydrogen) atoms. The lowest BCUT2D eigenvalue weighted by Gasteiger charge is -2.08. The summed E-state index contributed by atoms with van der Waals surface area (Å²) < 4.78 is 6.13. The zero-order valence-electron chi connectivity index (χ0n) is 12.0. The average molecular weight is 313 g/mol. The number of esters is 1. The number of nitrogens with zero attached hydrogens (tertiary/aromatic N) is 1. The van der Waals surface area contributed by atoms with Gasteiger partial charge in [0.2, 0.25) is 5.91 Å². The van der Waals surface area contributed by atoms with Crippen molar-refractivity contribution in [2.24, 2.45) is 12.8 Å². The molecular weight excluding hydrogens is 294 g/mol. The maximum absolute atomic E-state index is 11.8. The second-order valence-corrected chi connectivity index (χ2v) is 5.46. The van der Waals surface area contributed by atoms with E-state index >= 15 is 0 Å². The molecule has 1 rings (SSSR count). The van der Waals surface area contributed by atoms with Gasteiger partial charge in [-0.1, -0.05) is 0 Å². The molecule has 7 nitrogen and oxygen atoms in total. The van der Waals surface area contributed by atoms with Gasteiger partial charge in [-0.15, -0.1) is 0 Å². The maximum Gasteiger partial charge on any atom is 0.322 e. The Morgan fingerprint density at radius 2 is 2.19 bits per heavy atom. The van der Waals surface area contributed by atoms with Gasteiger partial charge in [0, 0.05) is 13.2 Å². The summed E-state index contributed by atoms with van der Waals surface area (Å²) in [6, 6.07) is 2.67. The van der Waals surface area contributed by atoms with Crippen molar-refractivity contribution in [2.75, 3.05) is 18.6 Å². The third-order valence-electron chi connectivity index (χ3n) is 2.74. The van der Waals surface area contributed by atoms with E-state index in [9.17, 15) is 14.4 Å². The summed E-state index contributed by atoms with van der Waals surface area (Å²) in [7, 11) is 3.00. The van der Waals surface area contributed by atoms with E-state index in [4.69, 9.17) is 5.73 Å². The van der Waals surface area contributed by atoms with Gasteiger partial charge in [0.1, 0.15) is 11.7 Å². The number of hydrogen-bond acceptors (Lipinski definition) is 6. The van der Waals surface area contributed by atoms with Crippen LogP contribution in [0.15, 0.2) is 18.3 Å². The minimum Gasteiger partial charge on any atom is -0.468 e. The van der Waals surface area contributed by atoms with Gasteiger partial charge in [-0.3, -0.25) is 19.7 Å². The van der Waals surface area contributed by atoms with Gasteiger partial charge in [-0.05, 0) is 24.3 Å². The van der Waals surface area contributed by atoms with Crippen LogP contribution >= 0.6 is 11.8 Å². The number of imide groups is 1. The Morgan fingerprint density at radius 3 is 2.76 bits per heavy atom. The van der Waals surface area contributed by atoms with E-state index in [0.29, 0.717) is 17.9 Å². The van der Waals surface area contributed by atoms with Crippen molar-refractivity contribution in [3.63, 3.8) is 0 Å². The average Bonchev–Trinajstić information content (AvgIpc) is 2.88. The molecule has 0 saturated heterocycles. The molecule has 1 atom stereocenters. The molecule has 0 saturated carbocycles. The van der Waals surface area contributed by atoms with Crippen LogP contribution in [-0.2, 0) is 21.4 Å². The number of ether oxygens (including phenoxy) is 1. The van der Waals surface area contributed by atoms with Gasteiger partial charge in [0.15, 0.2) is 0 Å². The predicted molar refractivity (Wildman–Crippen MR) is 79.8 cm³/mol. The first-order valence-electron chi connectivity index (χ1n) is 6.32. The molecule has 0 aliphatic heterocycles. The molecule has 1 unspecified atom stereocenters. The molecule has 0 spiro atoms. The summed E-state index contributed by atoms with van der Waals surface area (Å²) in [6.45, 7) is 0. The first-order valence-corrected chi connectivity index (χ1v) is 7.47. The predicted octanol–water partition coefficient (Wildman–Crippen LogP) is -0.0949. The molecule has 0 bridgehead atoms. The summed E-state index contributed by atoms with van der Waals surface area (Å²) in [4.78, 5) is 34.4. The van der Waals surface area contributed by atoms with Crippen LogP contribution in [0.3, 0.4) is 0 Å². The van der Waals surface area contributed by atoms with Crippen molar-refractivity contribution in [2.45, 2.75) is 12.5 Å². The van der Waals surface area contributed by atoms with E-state index in [1.165, 1.54) is 18.9 Å². The SMILES string of the molecule is COC(=O)C(N)CCSCC(=O)NC(=O)c1cccn1C. The molecule has 0 aromatic carbocycles. The zero-order chi connectivity index (χ0) is 15.8. The minimum atomic E-state index is -0.685. The van der Waals surface area contributed by atoms with Crippen LogP contribution in [0.25, 0.3) is 0 Å². The standard InChI is InChI=1S/C13H19N3O4S/c1-16-6-3-4-10(16)12(18)15-11(17)8-21-7-5-9(14)13(19)20-2/h3-4,6,9H,5,7-8,14H2,1-2H3,(H,15,17,18). The first kappa shape index (κ1) is 17.3. The van der Waals surface area contributed by atoms with Gasteiger partial charge in [-0.2, -0.15) is 11.8 Å². The molecule has 0 aliphatic rings. The number of aromatic nitrogens is 1. The Balaban J connectivity index is 2.24. The van der Waals surface area contributed by atoms with Gasteiger partial charge >= 0.3 is 5.97 Å². The summed E-state index contributed by atoms with van der Waals surface area (Å²) in [5.74, 6) is -0.623. The van der Waals surface area contributed by atoms with Gasteiger partial charge in [0.25, 0.3) is 5.91 Å². The Kier molecular flexibility index (Phi) is 6.97. The molecule has 3 N–H and O–H groups in total. The topological polar surface area (TPSA) is 103 Å². The van der Waals surface area contributed by atoms with Gasteiger partial charge in [-0.25, -0.2) is 0 Å². The minimum absolute atomic E-state index is 0.129. The lowest BCUT2D eigenvalue weighted by atomic mass is 10.2. The Bertz CT molecular complexity index is 515. The zero-order valence-corrected chi connectivity index (χ0v) is 12.8. The second-order valence-electron chi connectivity index (χ2n) is 4.35. The smallest absolute Gasteiger partial charge is 0.322 e. The molecule has 0 radical (unpaired) electrons. The van der Waals surface area contributed by atoms with Crippen LogP contribution in [-0.4, -0.2) is 47.0 Å². The number of carbonyl (C=O) groups excluding carboxylic acids is 3. The number of methoxy groups -OCH3 is 1. The molecule has 0 fully saturated rings. The number of amides is 2. The van der Waals surface area contributed by atoms with E-state index < -0.39 is 17.9 Å². The Morgan fingerprint density at radius 1 is 1.48 bits per heavy atom. The quantitative estimate of drug-likeness (QED) is 0.538. The Labute approximate surface area is 127 Å². The molecule has 0 aliphatic carbocycles. The summed E-state index contributed by atoms with van der Waals surface area (Å²) in [5.41, 5.74) is 5.98. The molecule has 1 heterocycles. The van der Waals surface area contributed by atoms with Crippen molar-refractivity contribution < 1.29 is 19.1 Å². The second kappa shape index (κ2) is 8.48. The third-order valence-corrected chi connectivity index (χ3v) is 3.73. The van der Waals surface area contributed by atoms with Crippen molar-refractivity contribution in [3.05, 3.63) is 24.0 Å². The van der Waals surface area contributed by atoms with E-state index in [1.807, 2.05) is 0 Å². The number of thioether (sulfide) groups is 1. The number of nitrogens with one attached hydrogen (secondary N) is 1. The van der Waals surface area contributed by atoms with Crippen LogP contribution in [0.2, 0.25) is 0 Å². The Hall–Kier alpha value is -1.80. The summed E-state index contributed by atoms with van der Waals surface area (Å²) >= 11 is 1.30. The molecule has 116 valence electrons. The van der Waals surface area contributed by atoms with E-state index in [1.54, 1.807) is 29.9 Å². The summed E-state index contributed by atoms with van der Waals surface area (Å²) in [5, 5.41) is 2.30. The van der Waals surface area contributed by atoms with Crippen LogP contribution in [0.1, 0.15) is 16.9 Å². The van der Waals surface area contributed by atoms with Crippen LogP contribution < -0.4 is 11.1 Å². The molecule has 1 aromatic heterocycles.